The number of aliphatic hydroxyl groups excluding tert-OH is 5. The summed E-state index contributed by atoms with van der Waals surface area (Å²) in [6, 6.07) is -7.22. The third kappa shape index (κ3) is 13.2. The van der Waals surface area contributed by atoms with Gasteiger partial charge in [-0.05, 0) is 31.2 Å². The second-order valence-electron chi connectivity index (χ2n) is 16.4. The summed E-state index contributed by atoms with van der Waals surface area (Å²) < 4.78 is 17.9. The summed E-state index contributed by atoms with van der Waals surface area (Å²) in [7, 11) is 0. The van der Waals surface area contributed by atoms with Gasteiger partial charge in [0.25, 0.3) is 5.56 Å². The highest BCUT2D eigenvalue weighted by Crippen LogP contribution is 2.34. The molecule has 0 saturated carbocycles. The van der Waals surface area contributed by atoms with Gasteiger partial charge in [0, 0.05) is 31.9 Å². The average Bonchev–Trinajstić information content (AvgIpc) is 3.68. The minimum Gasteiger partial charge on any atom is -0.480 e. The lowest BCUT2D eigenvalue weighted by Crippen LogP contribution is -2.66. The quantitative estimate of drug-likeness (QED) is 0.0480. The van der Waals surface area contributed by atoms with E-state index in [0.29, 0.717) is 0 Å². The fourth-order valence-corrected chi connectivity index (χ4v) is 7.35. The Morgan fingerprint density at radius 1 is 0.892 bits per heavy atom. The number of H-pyrrole nitrogens is 1. The molecule has 0 aromatic carbocycles. The summed E-state index contributed by atoms with van der Waals surface area (Å²) in [5.74, 6) is -5.94. The predicted molar refractivity (Wildman–Crippen MR) is 221 cm³/mol. The highest BCUT2D eigenvalue weighted by Gasteiger charge is 2.54. The lowest BCUT2D eigenvalue weighted by molar-refractivity contribution is -0.228. The molecule has 366 valence electrons. The summed E-state index contributed by atoms with van der Waals surface area (Å²) >= 11 is 0. The van der Waals surface area contributed by atoms with E-state index in [9.17, 15) is 69.3 Å². The number of nitrogens with one attached hydrogen (secondary N) is 7. The molecular formula is C37H61N11O17. The first-order valence-corrected chi connectivity index (χ1v) is 20.9. The van der Waals surface area contributed by atoms with Gasteiger partial charge in [-0.3, -0.25) is 33.7 Å². The zero-order valence-electron chi connectivity index (χ0n) is 36.0. The maximum absolute atomic E-state index is 13.9. The molecule has 18 N–H and O–H groups in total. The Balaban J connectivity index is 1.48. The normalized spacial score (nSPS) is 28.2. The monoisotopic (exact) mass is 931 g/mol. The number of carboxylic acid groups (broad SMARTS) is 2. The van der Waals surface area contributed by atoms with E-state index >= 15 is 0 Å². The maximum Gasteiger partial charge on any atom is 0.330 e. The summed E-state index contributed by atoms with van der Waals surface area (Å²) in [5.41, 5.74) is 9.64. The Bertz CT molecular complexity index is 1970. The predicted octanol–water partition coefficient (Wildman–Crippen LogP) is -7.55. The first-order valence-electron chi connectivity index (χ1n) is 20.9. The number of rotatable bonds is 22. The molecule has 1 aromatic rings. The average molecular weight is 932 g/mol. The van der Waals surface area contributed by atoms with Gasteiger partial charge >= 0.3 is 23.7 Å². The van der Waals surface area contributed by atoms with E-state index in [2.05, 4.69) is 36.9 Å². The van der Waals surface area contributed by atoms with E-state index in [0.717, 1.165) is 16.8 Å². The van der Waals surface area contributed by atoms with E-state index in [-0.39, 0.29) is 45.0 Å². The molecule has 0 radical (unpaired) electrons. The first-order chi connectivity index (χ1) is 30.6. The minimum atomic E-state index is -1.95. The molecule has 4 rings (SSSR count). The lowest BCUT2D eigenvalue weighted by atomic mass is 9.97. The van der Waals surface area contributed by atoms with Gasteiger partial charge in [-0.15, -0.1) is 0 Å². The van der Waals surface area contributed by atoms with Crippen LogP contribution in [0.5, 0.6) is 0 Å². The maximum atomic E-state index is 13.9. The number of carbonyl (C=O) groups excluding carboxylic acids is 3. The van der Waals surface area contributed by atoms with E-state index in [1.54, 1.807) is 27.7 Å². The Labute approximate surface area is 370 Å². The molecule has 1 aromatic heterocycles. The standard InChI is InChI=1S/C37H61N11O17/c1-13(2)18(32(57)58)46-36(61)47-19(15-6-10-42-35(39)43-15)30(56)45-20(22(50)14(3)4)29(55)41-9-5-8-40-21(33(59)60)27(65-34-26(54)23(51)16(12-38)63-34)28-24(52)25(53)31(64-28)48-11-7-17(49)44-37(48)62/h7,11,13-16,18-28,31,34,40,50-54H,5-6,8-10,12,38H2,1-4H3,(H,41,55)(H,45,56)(H,57,58)(H,59,60)(H3,39,42,43)(H,44,49,62)(H2,46,47,61)/t15-,16+,18-,19-,20-,21-,22-,23+,24-,25+,26+,27?,28-,31+,34-/m0/s1. The van der Waals surface area contributed by atoms with E-state index in [1.807, 2.05) is 4.98 Å². The Morgan fingerprint density at radius 2 is 1.57 bits per heavy atom. The molecule has 0 aliphatic carbocycles. The Kier molecular flexibility index (Phi) is 18.7. The fraction of sp³-hybridized carbons (Fsp3) is 0.730. The van der Waals surface area contributed by atoms with Crippen molar-refractivity contribution in [2.24, 2.45) is 28.3 Å². The molecule has 15 atom stereocenters. The fourth-order valence-electron chi connectivity index (χ4n) is 7.35. The van der Waals surface area contributed by atoms with Crippen LogP contribution >= 0.6 is 0 Å². The molecule has 28 heteroatoms. The summed E-state index contributed by atoms with van der Waals surface area (Å²) in [6.45, 7) is 5.71. The van der Waals surface area contributed by atoms with Crippen molar-refractivity contribution in [3.63, 3.8) is 0 Å². The molecule has 65 heavy (non-hydrogen) atoms. The minimum absolute atomic E-state index is 0.0418. The number of urea groups is 1. The topological polar surface area (TPSA) is 446 Å². The van der Waals surface area contributed by atoms with Crippen LogP contribution in [-0.4, -0.2) is 193 Å². The number of aromatic amines is 1. The van der Waals surface area contributed by atoms with Crippen molar-refractivity contribution < 1.29 is 73.9 Å². The van der Waals surface area contributed by atoms with Crippen LogP contribution in [0.3, 0.4) is 0 Å². The summed E-state index contributed by atoms with van der Waals surface area (Å²) in [4.78, 5) is 95.3. The number of aliphatic imine (C=N–C) groups is 1. The number of amides is 4. The van der Waals surface area contributed by atoms with Crippen molar-refractivity contribution in [1.82, 2.24) is 41.5 Å². The van der Waals surface area contributed by atoms with Gasteiger partial charge in [-0.25, -0.2) is 14.4 Å². The van der Waals surface area contributed by atoms with Crippen LogP contribution in [0.2, 0.25) is 0 Å². The highest BCUT2D eigenvalue weighted by atomic mass is 16.7. The molecular weight excluding hydrogens is 870 g/mol. The number of aliphatic carboxylic acids is 2. The van der Waals surface area contributed by atoms with E-state index in [4.69, 9.17) is 25.7 Å². The molecule has 28 nitrogen and oxygen atoms in total. The van der Waals surface area contributed by atoms with Crippen molar-refractivity contribution in [3.8, 4) is 0 Å². The molecule has 3 aliphatic heterocycles. The molecule has 0 bridgehead atoms. The smallest absolute Gasteiger partial charge is 0.330 e. The zero-order valence-corrected chi connectivity index (χ0v) is 36.0. The lowest BCUT2D eigenvalue weighted by Gasteiger charge is -2.33. The van der Waals surface area contributed by atoms with E-state index < -0.39 is 144 Å². The van der Waals surface area contributed by atoms with Crippen molar-refractivity contribution in [3.05, 3.63) is 33.1 Å². The SMILES string of the molecule is CC(C)[C@H](NC(=O)N[C@H](C(=O)N[C@H](C(=O)NCCCN[C@H](C(=O)O)C(O[C@@H]1O[C@H](CN)[C@@H](O)[C@H]1O)[C@H]1O[C@@H](n2ccc(=O)[nH]c2=O)[C@H](O)[C@@H]1O)[C@@H](O)C(C)C)[C@@H]1CCN=C(N)N1)C(=O)O. The molecule has 3 aliphatic rings. The molecule has 2 fully saturated rings. The van der Waals surface area contributed by atoms with Crippen molar-refractivity contribution in [2.45, 2.75) is 132 Å². The van der Waals surface area contributed by atoms with Crippen LogP contribution < -0.4 is 54.6 Å². The van der Waals surface area contributed by atoms with Crippen molar-refractivity contribution in [2.75, 3.05) is 26.2 Å². The van der Waals surface area contributed by atoms with Gasteiger partial charge in [-0.2, -0.15) is 0 Å². The number of aromatic nitrogens is 2. The molecule has 0 spiro atoms. The van der Waals surface area contributed by atoms with Crippen LogP contribution in [0.4, 0.5) is 4.79 Å². The van der Waals surface area contributed by atoms with Gasteiger partial charge in [0.1, 0.15) is 66.9 Å². The van der Waals surface area contributed by atoms with Crippen molar-refractivity contribution >= 4 is 35.7 Å². The number of ether oxygens (including phenoxy) is 3. The number of carboxylic acids is 2. The molecule has 1 unspecified atom stereocenters. The molecule has 4 heterocycles. The number of carbonyl (C=O) groups is 5. The van der Waals surface area contributed by atoms with Crippen LogP contribution in [-0.2, 0) is 33.4 Å². The summed E-state index contributed by atoms with van der Waals surface area (Å²) in [5, 5.41) is 89.4. The number of guanidine groups is 1. The number of aliphatic hydroxyl groups is 5. The largest absolute Gasteiger partial charge is 0.480 e. The van der Waals surface area contributed by atoms with Gasteiger partial charge in [0.05, 0.1) is 12.1 Å². The number of hydrogen-bond donors (Lipinski definition) is 16. The third-order valence-electron chi connectivity index (χ3n) is 11.0. The molecule has 4 amide bonds. The highest BCUT2D eigenvalue weighted by molar-refractivity contribution is 5.94. The molecule has 2 saturated heterocycles. The van der Waals surface area contributed by atoms with Gasteiger partial charge in [-0.1, -0.05) is 27.7 Å². The third-order valence-corrected chi connectivity index (χ3v) is 11.0. The number of nitrogens with zero attached hydrogens (tertiary/aromatic N) is 2. The van der Waals surface area contributed by atoms with Crippen molar-refractivity contribution in [1.29, 1.82) is 0 Å². The Morgan fingerprint density at radius 3 is 2.14 bits per heavy atom. The summed E-state index contributed by atoms with van der Waals surface area (Å²) in [6.07, 6.45) is -15.8. The first kappa shape index (κ1) is 52.3. The van der Waals surface area contributed by atoms with Crippen LogP contribution in [0.1, 0.15) is 46.8 Å². The van der Waals surface area contributed by atoms with Gasteiger partial charge in [0.2, 0.25) is 11.8 Å². The number of hydrogen-bond acceptors (Lipinski definition) is 20. The Hall–Kier alpha value is -5.30. The second-order valence-corrected chi connectivity index (χ2v) is 16.4. The van der Waals surface area contributed by atoms with Gasteiger partial charge in [0.15, 0.2) is 18.5 Å². The van der Waals surface area contributed by atoms with E-state index in [1.165, 1.54) is 0 Å². The van der Waals surface area contributed by atoms with Crippen LogP contribution in [0.25, 0.3) is 0 Å². The number of nitrogens with two attached hydrogens (primary N) is 2. The second kappa shape index (κ2) is 23.2. The zero-order chi connectivity index (χ0) is 48.4. The van der Waals surface area contributed by atoms with Crippen LogP contribution in [0, 0.1) is 11.8 Å². The van der Waals surface area contributed by atoms with Gasteiger partial charge < -0.3 is 93.3 Å². The van der Waals surface area contributed by atoms with Crippen LogP contribution in [0.15, 0.2) is 26.8 Å².